The van der Waals surface area contributed by atoms with Crippen LogP contribution in [0.2, 0.25) is 0 Å². The molecule has 0 bridgehead atoms. The summed E-state index contributed by atoms with van der Waals surface area (Å²) in [6.45, 7) is 11.6. The lowest BCUT2D eigenvalue weighted by atomic mass is 9.93. The minimum Gasteiger partial charge on any atom is -0.479 e. The van der Waals surface area contributed by atoms with Gasteiger partial charge in [0.25, 0.3) is 0 Å². The smallest absolute Gasteiger partial charge is 0.334 e. The van der Waals surface area contributed by atoms with E-state index in [9.17, 15) is 4.79 Å². The zero-order valence-corrected chi connectivity index (χ0v) is 13.3. The summed E-state index contributed by atoms with van der Waals surface area (Å²) in [6.07, 6.45) is -0.785. The molecule has 0 aliphatic carbocycles. The van der Waals surface area contributed by atoms with Gasteiger partial charge in [-0.05, 0) is 13.8 Å². The number of ether oxygens (including phenoxy) is 1. The highest BCUT2D eigenvalue weighted by Crippen LogP contribution is 2.27. The van der Waals surface area contributed by atoms with Gasteiger partial charge in [-0.15, -0.1) is 0 Å². The molecule has 1 atom stereocenters. The van der Waals surface area contributed by atoms with E-state index in [1.807, 2.05) is 19.9 Å². The van der Waals surface area contributed by atoms with Gasteiger partial charge in [0.1, 0.15) is 5.76 Å². The maximum atomic E-state index is 11.1. The highest BCUT2D eigenvalue weighted by Gasteiger charge is 2.38. The number of carbonyl (C=O) groups is 1. The van der Waals surface area contributed by atoms with Crippen LogP contribution in [0.1, 0.15) is 46.1 Å². The molecule has 1 N–H and O–H groups in total. The van der Waals surface area contributed by atoms with E-state index in [0.29, 0.717) is 19.7 Å². The molecule has 1 aromatic rings. The van der Waals surface area contributed by atoms with Crippen LogP contribution >= 0.6 is 0 Å². The summed E-state index contributed by atoms with van der Waals surface area (Å²) in [6, 6.07) is 1.95. The third-order valence-corrected chi connectivity index (χ3v) is 3.81. The number of aliphatic carboxylic acids is 1. The molecule has 1 aromatic heterocycles. The third-order valence-electron chi connectivity index (χ3n) is 3.81. The van der Waals surface area contributed by atoms with Gasteiger partial charge in [0.15, 0.2) is 6.10 Å². The van der Waals surface area contributed by atoms with Gasteiger partial charge in [-0.25, -0.2) is 4.79 Å². The highest BCUT2D eigenvalue weighted by molar-refractivity contribution is 5.72. The Hall–Kier alpha value is -1.40. The quantitative estimate of drug-likeness (QED) is 0.920. The Morgan fingerprint density at radius 1 is 1.52 bits per heavy atom. The minimum absolute atomic E-state index is 0.0879. The van der Waals surface area contributed by atoms with Crippen LogP contribution in [0.5, 0.6) is 0 Å². The summed E-state index contributed by atoms with van der Waals surface area (Å²) < 4.78 is 10.8. The van der Waals surface area contributed by atoms with E-state index in [2.05, 4.69) is 30.8 Å². The first-order valence-corrected chi connectivity index (χ1v) is 7.15. The van der Waals surface area contributed by atoms with E-state index in [1.54, 1.807) is 0 Å². The van der Waals surface area contributed by atoms with Crippen molar-refractivity contribution in [1.82, 2.24) is 10.1 Å². The number of hydrogen-bond donors (Lipinski definition) is 1. The number of carboxylic acids is 1. The minimum atomic E-state index is -0.925. The summed E-state index contributed by atoms with van der Waals surface area (Å²) in [4.78, 5) is 13.2. The van der Waals surface area contributed by atoms with Crippen LogP contribution in [-0.4, -0.2) is 45.9 Å². The van der Waals surface area contributed by atoms with Gasteiger partial charge < -0.3 is 14.4 Å². The van der Waals surface area contributed by atoms with Crippen LogP contribution in [0.3, 0.4) is 0 Å². The largest absolute Gasteiger partial charge is 0.479 e. The number of nitrogens with zero attached hydrogens (tertiary/aromatic N) is 2. The number of aromatic nitrogens is 1. The molecule has 118 valence electrons. The summed E-state index contributed by atoms with van der Waals surface area (Å²) >= 11 is 0. The van der Waals surface area contributed by atoms with Gasteiger partial charge in [-0.2, -0.15) is 0 Å². The average Bonchev–Trinajstić information content (AvgIpc) is 2.79. The fourth-order valence-corrected chi connectivity index (χ4v) is 2.26. The first-order valence-electron chi connectivity index (χ1n) is 7.15. The molecular formula is C15H24N2O4. The van der Waals surface area contributed by atoms with Crippen LogP contribution in [0.15, 0.2) is 10.6 Å². The van der Waals surface area contributed by atoms with E-state index in [0.717, 1.165) is 11.5 Å². The molecule has 1 unspecified atom stereocenters. The number of hydrogen-bond acceptors (Lipinski definition) is 5. The molecule has 1 fully saturated rings. The second-order valence-corrected chi connectivity index (χ2v) is 7.26. The summed E-state index contributed by atoms with van der Waals surface area (Å²) in [5.41, 5.74) is 0.501. The van der Waals surface area contributed by atoms with E-state index in [1.165, 1.54) is 0 Å². The Balaban J connectivity index is 2.12. The molecule has 0 spiro atoms. The van der Waals surface area contributed by atoms with Gasteiger partial charge in [0.05, 0.1) is 12.3 Å². The molecule has 6 heteroatoms. The monoisotopic (exact) mass is 296 g/mol. The zero-order chi connectivity index (χ0) is 15.8. The lowest BCUT2D eigenvalue weighted by Crippen LogP contribution is -2.57. The van der Waals surface area contributed by atoms with Crippen LogP contribution < -0.4 is 0 Å². The van der Waals surface area contributed by atoms with Gasteiger partial charge >= 0.3 is 5.97 Å². The molecule has 0 saturated carbocycles. The van der Waals surface area contributed by atoms with E-state index in [-0.39, 0.29) is 11.0 Å². The summed E-state index contributed by atoms with van der Waals surface area (Å²) in [5, 5.41) is 13.2. The number of rotatable bonds is 3. The first-order chi connectivity index (χ1) is 9.59. The number of carboxylic acid groups (broad SMARTS) is 1. The molecule has 6 nitrogen and oxygen atoms in total. The van der Waals surface area contributed by atoms with Crippen LogP contribution in [0, 0.1) is 0 Å². The molecule has 0 aromatic carbocycles. The molecular weight excluding hydrogens is 272 g/mol. The Bertz CT molecular complexity index is 516. The molecule has 21 heavy (non-hydrogen) atoms. The molecule has 0 amide bonds. The Labute approximate surface area is 125 Å². The third kappa shape index (κ3) is 3.63. The van der Waals surface area contributed by atoms with Crippen molar-refractivity contribution in [2.45, 2.75) is 58.2 Å². The van der Waals surface area contributed by atoms with Crippen molar-refractivity contribution >= 4 is 5.97 Å². The normalized spacial score (nSPS) is 23.2. The number of morpholine rings is 1. The Morgan fingerprint density at radius 3 is 2.71 bits per heavy atom. The summed E-state index contributed by atoms with van der Waals surface area (Å²) in [7, 11) is 0. The van der Waals surface area contributed by atoms with Crippen molar-refractivity contribution in [3.63, 3.8) is 0 Å². The zero-order valence-electron chi connectivity index (χ0n) is 13.3. The topological polar surface area (TPSA) is 75.8 Å². The van der Waals surface area contributed by atoms with E-state index < -0.39 is 12.1 Å². The first kappa shape index (κ1) is 16.0. The van der Waals surface area contributed by atoms with Crippen LogP contribution in [0.25, 0.3) is 0 Å². The van der Waals surface area contributed by atoms with Gasteiger partial charge in [0.2, 0.25) is 0 Å². The van der Waals surface area contributed by atoms with E-state index in [4.69, 9.17) is 14.4 Å². The van der Waals surface area contributed by atoms with Crippen molar-refractivity contribution in [2.75, 3.05) is 13.2 Å². The fraction of sp³-hybridized carbons (Fsp3) is 0.733. The molecule has 2 rings (SSSR count). The fourth-order valence-electron chi connectivity index (χ4n) is 2.26. The molecule has 0 radical (unpaired) electrons. The maximum Gasteiger partial charge on any atom is 0.334 e. The Morgan fingerprint density at radius 2 is 2.19 bits per heavy atom. The second-order valence-electron chi connectivity index (χ2n) is 7.26. The van der Waals surface area contributed by atoms with Crippen LogP contribution in [-0.2, 0) is 21.5 Å². The maximum absolute atomic E-state index is 11.1. The molecule has 1 saturated heterocycles. The predicted octanol–water partition coefficient (Wildman–Crippen LogP) is 2.04. The standard InChI is InChI=1S/C15H24N2O4/c1-14(2,3)12-6-10(16-21-12)7-17-8-11(13(18)19)20-9-15(17,4)5/h6,11H,7-9H2,1-5H3,(H,18,19). The highest BCUT2D eigenvalue weighted by atomic mass is 16.5. The van der Waals surface area contributed by atoms with Gasteiger partial charge in [-0.1, -0.05) is 25.9 Å². The van der Waals surface area contributed by atoms with Crippen LogP contribution in [0.4, 0.5) is 0 Å². The predicted molar refractivity (Wildman–Crippen MR) is 77.1 cm³/mol. The van der Waals surface area contributed by atoms with Crippen molar-refractivity contribution < 1.29 is 19.2 Å². The summed E-state index contributed by atoms with van der Waals surface area (Å²) in [5.74, 6) is -0.0932. The lowest BCUT2D eigenvalue weighted by molar-refractivity contribution is -0.166. The van der Waals surface area contributed by atoms with Crippen molar-refractivity contribution in [2.24, 2.45) is 0 Å². The lowest BCUT2D eigenvalue weighted by Gasteiger charge is -2.43. The van der Waals surface area contributed by atoms with E-state index >= 15 is 0 Å². The van der Waals surface area contributed by atoms with Crippen molar-refractivity contribution in [3.8, 4) is 0 Å². The van der Waals surface area contributed by atoms with Crippen molar-refractivity contribution in [1.29, 1.82) is 0 Å². The van der Waals surface area contributed by atoms with Crippen molar-refractivity contribution in [3.05, 3.63) is 17.5 Å². The van der Waals surface area contributed by atoms with Gasteiger partial charge in [-0.3, -0.25) is 4.90 Å². The second kappa shape index (κ2) is 5.42. The molecule has 1 aliphatic rings. The molecule has 2 heterocycles. The Kier molecular flexibility index (Phi) is 4.13. The van der Waals surface area contributed by atoms with Gasteiger partial charge in [0, 0.05) is 30.1 Å². The average molecular weight is 296 g/mol. The molecule has 1 aliphatic heterocycles. The SMILES string of the molecule is CC(C)(C)c1cc(CN2CC(C(=O)O)OCC2(C)C)no1.